The van der Waals surface area contributed by atoms with Gasteiger partial charge in [-0.2, -0.15) is 0 Å². The lowest BCUT2D eigenvalue weighted by Crippen LogP contribution is -2.32. The van der Waals surface area contributed by atoms with Gasteiger partial charge in [0.25, 0.3) is 0 Å². The molecule has 0 aromatic carbocycles. The highest BCUT2D eigenvalue weighted by molar-refractivity contribution is 5.08. The van der Waals surface area contributed by atoms with Crippen LogP contribution in [0.15, 0.2) is 24.5 Å². The van der Waals surface area contributed by atoms with Crippen molar-refractivity contribution < 1.29 is 0 Å². The summed E-state index contributed by atoms with van der Waals surface area (Å²) < 4.78 is 0. The van der Waals surface area contributed by atoms with Crippen molar-refractivity contribution in [1.29, 1.82) is 0 Å². The third-order valence-electron chi connectivity index (χ3n) is 3.96. The van der Waals surface area contributed by atoms with Crippen LogP contribution in [0, 0.1) is 5.92 Å². The maximum Gasteiger partial charge on any atom is 0.0299 e. The van der Waals surface area contributed by atoms with Crippen LogP contribution in [0.5, 0.6) is 0 Å². The molecule has 0 saturated carbocycles. The van der Waals surface area contributed by atoms with Gasteiger partial charge in [0, 0.05) is 18.4 Å². The zero-order valence-corrected chi connectivity index (χ0v) is 12.9. The molecule has 2 heteroatoms. The predicted molar refractivity (Wildman–Crippen MR) is 83.3 cm³/mol. The summed E-state index contributed by atoms with van der Waals surface area (Å²) in [5, 5.41) is 3.72. The molecule has 2 nitrogen and oxygen atoms in total. The van der Waals surface area contributed by atoms with Gasteiger partial charge < -0.3 is 5.32 Å². The van der Waals surface area contributed by atoms with Gasteiger partial charge in [-0.3, -0.25) is 4.98 Å². The van der Waals surface area contributed by atoms with Gasteiger partial charge in [-0.25, -0.2) is 0 Å². The van der Waals surface area contributed by atoms with Crippen LogP contribution in [-0.2, 0) is 6.42 Å². The van der Waals surface area contributed by atoms with Crippen LogP contribution in [0.1, 0.15) is 58.4 Å². The molecule has 0 saturated heterocycles. The van der Waals surface area contributed by atoms with E-state index in [2.05, 4.69) is 37.1 Å². The van der Waals surface area contributed by atoms with Crippen LogP contribution in [-0.4, -0.2) is 17.6 Å². The average molecular weight is 262 g/mol. The lowest BCUT2D eigenvalue weighted by atomic mass is 9.92. The van der Waals surface area contributed by atoms with Gasteiger partial charge in [0.15, 0.2) is 0 Å². The Morgan fingerprint density at radius 2 is 2.00 bits per heavy atom. The first-order valence-corrected chi connectivity index (χ1v) is 7.92. The zero-order chi connectivity index (χ0) is 13.9. The van der Waals surface area contributed by atoms with Crippen LogP contribution in [0.25, 0.3) is 0 Å². The van der Waals surface area contributed by atoms with E-state index >= 15 is 0 Å². The number of nitrogens with zero attached hydrogens (tertiary/aromatic N) is 1. The maximum absolute atomic E-state index is 4.20. The normalized spacial score (nSPS) is 12.8. The van der Waals surface area contributed by atoms with Crippen LogP contribution >= 0.6 is 0 Å². The van der Waals surface area contributed by atoms with E-state index in [4.69, 9.17) is 0 Å². The number of hydrogen-bond donors (Lipinski definition) is 1. The summed E-state index contributed by atoms with van der Waals surface area (Å²) in [5.41, 5.74) is 1.36. The van der Waals surface area contributed by atoms with Gasteiger partial charge in [-0.15, -0.1) is 0 Å². The lowest BCUT2D eigenvalue weighted by molar-refractivity contribution is 0.352. The number of aryl methyl sites for hydroxylation is 1. The van der Waals surface area contributed by atoms with Crippen molar-refractivity contribution in [2.45, 2.75) is 65.3 Å². The topological polar surface area (TPSA) is 24.9 Å². The van der Waals surface area contributed by atoms with E-state index in [0.717, 1.165) is 18.9 Å². The van der Waals surface area contributed by atoms with Crippen molar-refractivity contribution in [2.75, 3.05) is 6.54 Å². The Morgan fingerprint density at radius 3 is 2.58 bits per heavy atom. The number of pyridine rings is 1. The van der Waals surface area contributed by atoms with E-state index in [1.165, 1.54) is 37.7 Å². The fourth-order valence-corrected chi connectivity index (χ4v) is 2.56. The number of aromatic nitrogens is 1. The molecular formula is C17H30N2. The molecule has 19 heavy (non-hydrogen) atoms. The molecule has 1 N–H and O–H groups in total. The molecule has 1 heterocycles. The third-order valence-corrected chi connectivity index (χ3v) is 3.96. The van der Waals surface area contributed by atoms with E-state index in [1.54, 1.807) is 0 Å². The second kappa shape index (κ2) is 9.96. The van der Waals surface area contributed by atoms with Gasteiger partial charge in [0.2, 0.25) is 0 Å². The van der Waals surface area contributed by atoms with E-state index in [9.17, 15) is 0 Å². The molecule has 0 amide bonds. The fraction of sp³-hybridized carbons (Fsp3) is 0.706. The lowest BCUT2D eigenvalue weighted by Gasteiger charge is -2.23. The highest BCUT2D eigenvalue weighted by Crippen LogP contribution is 2.18. The molecule has 0 aliphatic rings. The van der Waals surface area contributed by atoms with Crippen molar-refractivity contribution in [3.63, 3.8) is 0 Å². The molecule has 0 aliphatic carbocycles. The number of hydrogen-bond acceptors (Lipinski definition) is 2. The minimum Gasteiger partial charge on any atom is -0.314 e. The molecule has 0 spiro atoms. The van der Waals surface area contributed by atoms with Crippen LogP contribution in [0.3, 0.4) is 0 Å². The Labute approximate surface area is 119 Å². The summed E-state index contributed by atoms with van der Waals surface area (Å²) >= 11 is 0. The Bertz CT molecular complexity index is 306. The summed E-state index contributed by atoms with van der Waals surface area (Å²) in [6.07, 6.45) is 11.3. The van der Waals surface area contributed by atoms with Gasteiger partial charge in [0.05, 0.1) is 0 Å². The Hall–Kier alpha value is -0.890. The summed E-state index contributed by atoms with van der Waals surface area (Å²) in [6.45, 7) is 8.00. The molecule has 0 radical (unpaired) electrons. The molecule has 0 aliphatic heterocycles. The number of nitrogens with one attached hydrogen (secondary N) is 1. The van der Waals surface area contributed by atoms with Gasteiger partial charge in [-0.1, -0.05) is 39.7 Å². The highest BCUT2D eigenvalue weighted by Gasteiger charge is 2.13. The predicted octanol–water partition coefficient (Wildman–Crippen LogP) is 4.21. The highest BCUT2D eigenvalue weighted by atomic mass is 14.9. The van der Waals surface area contributed by atoms with Gasteiger partial charge in [0.1, 0.15) is 0 Å². The van der Waals surface area contributed by atoms with Crippen molar-refractivity contribution in [2.24, 2.45) is 5.92 Å². The molecule has 1 atom stereocenters. The first-order valence-electron chi connectivity index (χ1n) is 7.92. The van der Waals surface area contributed by atoms with Gasteiger partial charge >= 0.3 is 0 Å². The van der Waals surface area contributed by atoms with Crippen molar-refractivity contribution in [1.82, 2.24) is 10.3 Å². The minimum absolute atomic E-state index is 0.657. The summed E-state index contributed by atoms with van der Waals surface area (Å²) in [4.78, 5) is 4.20. The third kappa shape index (κ3) is 6.72. The van der Waals surface area contributed by atoms with Crippen LogP contribution < -0.4 is 5.32 Å². The first kappa shape index (κ1) is 16.2. The first-order chi connectivity index (χ1) is 9.30. The molecule has 1 unspecified atom stereocenters. The molecule has 0 bridgehead atoms. The quantitative estimate of drug-likeness (QED) is 0.683. The number of rotatable bonds is 10. The molecule has 108 valence electrons. The molecule has 1 aromatic rings. The van der Waals surface area contributed by atoms with E-state index in [1.807, 2.05) is 18.5 Å². The molecule has 1 aromatic heterocycles. The zero-order valence-electron chi connectivity index (χ0n) is 12.9. The smallest absolute Gasteiger partial charge is 0.0299 e. The van der Waals surface area contributed by atoms with Crippen LogP contribution in [0.4, 0.5) is 0 Å². The van der Waals surface area contributed by atoms with Crippen molar-refractivity contribution >= 4 is 0 Å². The fourth-order valence-electron chi connectivity index (χ4n) is 2.56. The standard InChI is InChI=1S/C17H30N2/c1-4-11-19-17(13-15(5-2)6-3)10-9-16-8-7-12-18-14-16/h7-8,12,14-15,17,19H,4-6,9-11,13H2,1-3H3. The second-order valence-electron chi connectivity index (χ2n) is 5.47. The monoisotopic (exact) mass is 262 g/mol. The van der Waals surface area contributed by atoms with E-state index in [0.29, 0.717) is 6.04 Å². The van der Waals surface area contributed by atoms with Crippen molar-refractivity contribution in [3.05, 3.63) is 30.1 Å². The summed E-state index contributed by atoms with van der Waals surface area (Å²) in [6, 6.07) is 4.87. The Morgan fingerprint density at radius 1 is 1.21 bits per heavy atom. The van der Waals surface area contributed by atoms with Gasteiger partial charge in [-0.05, 0) is 49.8 Å². The second-order valence-corrected chi connectivity index (χ2v) is 5.47. The van der Waals surface area contributed by atoms with Crippen molar-refractivity contribution in [3.8, 4) is 0 Å². The summed E-state index contributed by atoms with van der Waals surface area (Å²) in [5.74, 6) is 0.864. The van der Waals surface area contributed by atoms with Crippen LogP contribution in [0.2, 0.25) is 0 Å². The molecule has 0 fully saturated rings. The Balaban J connectivity index is 2.44. The largest absolute Gasteiger partial charge is 0.314 e. The average Bonchev–Trinajstić information content (AvgIpc) is 2.47. The maximum atomic E-state index is 4.20. The Kier molecular flexibility index (Phi) is 8.48. The van der Waals surface area contributed by atoms with E-state index < -0.39 is 0 Å². The summed E-state index contributed by atoms with van der Waals surface area (Å²) in [7, 11) is 0. The minimum atomic E-state index is 0.657. The SMILES string of the molecule is CCCNC(CCc1cccnc1)CC(CC)CC. The van der Waals surface area contributed by atoms with E-state index in [-0.39, 0.29) is 0 Å². The molecule has 1 rings (SSSR count). The molecular weight excluding hydrogens is 232 g/mol.